The highest BCUT2D eigenvalue weighted by Crippen LogP contribution is 2.33. The number of nitrogens with zero attached hydrogens (tertiary/aromatic N) is 4. The van der Waals surface area contributed by atoms with E-state index >= 15 is 0 Å². The number of anilines is 1. The number of nitrogens with two attached hydrogens (primary N) is 1. The van der Waals surface area contributed by atoms with Crippen molar-refractivity contribution >= 4 is 11.6 Å². The van der Waals surface area contributed by atoms with Crippen LogP contribution in [0.15, 0.2) is 47.3 Å². The number of hydrogen-bond acceptors (Lipinski definition) is 5. The van der Waals surface area contributed by atoms with Crippen LogP contribution in [-0.4, -0.2) is 32.8 Å². The zero-order chi connectivity index (χ0) is 22.2. The number of aryl methyl sites for hydroxylation is 2. The van der Waals surface area contributed by atoms with Crippen molar-refractivity contribution in [2.24, 2.45) is 5.92 Å². The first-order valence-corrected chi connectivity index (χ1v) is 11.1. The second-order valence-corrected chi connectivity index (χ2v) is 8.58. The minimum absolute atomic E-state index is 0.176. The molecule has 4 aromatic rings. The van der Waals surface area contributed by atoms with Gasteiger partial charge in [-0.05, 0) is 63.4 Å². The fraction of sp³-hybridized carbons (Fsp3) is 0.333. The Hall–Kier alpha value is -3.52. The van der Waals surface area contributed by atoms with Crippen LogP contribution in [-0.2, 0) is 6.54 Å². The molecule has 4 N–H and O–H groups in total. The molecular formula is C24H28N7O+. The van der Waals surface area contributed by atoms with Gasteiger partial charge in [0.1, 0.15) is 5.69 Å². The molecule has 0 bridgehead atoms. The number of nitrogen functional groups attached to an aromatic ring is 1. The summed E-state index contributed by atoms with van der Waals surface area (Å²) in [6.07, 6.45) is 2.09. The molecule has 3 aromatic heterocycles. The van der Waals surface area contributed by atoms with Crippen LogP contribution in [0.4, 0.5) is 5.95 Å². The average Bonchev–Trinajstić information content (AvgIpc) is 3.10. The van der Waals surface area contributed by atoms with Crippen molar-refractivity contribution < 1.29 is 4.40 Å². The molecule has 0 unspecified atom stereocenters. The van der Waals surface area contributed by atoms with Crippen molar-refractivity contribution in [1.29, 1.82) is 0 Å². The molecular weight excluding hydrogens is 402 g/mol. The summed E-state index contributed by atoms with van der Waals surface area (Å²) in [4.78, 5) is 22.6. The minimum atomic E-state index is -0.188. The molecule has 1 aromatic carbocycles. The summed E-state index contributed by atoms with van der Waals surface area (Å²) in [5.41, 5.74) is 12.1. The van der Waals surface area contributed by atoms with Crippen molar-refractivity contribution in [2.75, 3.05) is 18.8 Å². The van der Waals surface area contributed by atoms with E-state index in [1.807, 2.05) is 56.3 Å². The van der Waals surface area contributed by atoms with Crippen LogP contribution in [0.1, 0.15) is 24.2 Å². The summed E-state index contributed by atoms with van der Waals surface area (Å²) in [6, 6.07) is 14.0. The Kier molecular flexibility index (Phi) is 5.22. The zero-order valence-electron chi connectivity index (χ0n) is 18.4. The predicted molar refractivity (Wildman–Crippen MR) is 124 cm³/mol. The smallest absolute Gasteiger partial charge is 0.319 e. The largest absolute Gasteiger partial charge is 0.428 e. The topological polar surface area (TPSA) is 106 Å². The lowest BCUT2D eigenvalue weighted by Crippen LogP contribution is -2.45. The molecule has 0 atom stereocenters. The summed E-state index contributed by atoms with van der Waals surface area (Å²) in [5, 5.41) is 6.75. The van der Waals surface area contributed by atoms with Crippen LogP contribution >= 0.6 is 0 Å². The lowest BCUT2D eigenvalue weighted by molar-refractivity contribution is -0.516. The van der Waals surface area contributed by atoms with Crippen molar-refractivity contribution in [3.63, 3.8) is 0 Å². The van der Waals surface area contributed by atoms with E-state index in [-0.39, 0.29) is 11.6 Å². The summed E-state index contributed by atoms with van der Waals surface area (Å²) in [6.45, 7) is 6.54. The molecule has 8 nitrogen and oxygen atoms in total. The maximum absolute atomic E-state index is 13.3. The number of piperidine rings is 1. The monoisotopic (exact) mass is 430 g/mol. The molecule has 0 aliphatic carbocycles. The molecule has 1 aliphatic rings. The number of nitrogens with one attached hydrogen (secondary N) is 2. The van der Waals surface area contributed by atoms with E-state index in [0.29, 0.717) is 18.1 Å². The van der Waals surface area contributed by atoms with Gasteiger partial charge in [0.05, 0.1) is 12.1 Å². The van der Waals surface area contributed by atoms with Crippen LogP contribution < -0.4 is 21.1 Å². The van der Waals surface area contributed by atoms with Crippen molar-refractivity contribution in [3.05, 3.63) is 64.3 Å². The summed E-state index contributed by atoms with van der Waals surface area (Å²) in [7, 11) is 0. The van der Waals surface area contributed by atoms with Crippen LogP contribution in [0.25, 0.3) is 28.0 Å². The highest BCUT2D eigenvalue weighted by atomic mass is 16.2. The Balaban J connectivity index is 1.77. The van der Waals surface area contributed by atoms with Gasteiger partial charge in [-0.25, -0.2) is 9.89 Å². The molecule has 164 valence electrons. The molecule has 1 aliphatic heterocycles. The van der Waals surface area contributed by atoms with E-state index in [1.165, 1.54) is 4.40 Å². The molecule has 0 saturated carbocycles. The van der Waals surface area contributed by atoms with E-state index in [9.17, 15) is 4.79 Å². The predicted octanol–water partition coefficient (Wildman–Crippen LogP) is 2.24. The third-order valence-corrected chi connectivity index (χ3v) is 6.13. The number of aromatic nitrogens is 5. The van der Waals surface area contributed by atoms with Crippen LogP contribution in [0, 0.1) is 19.8 Å². The number of aromatic amines is 1. The zero-order valence-corrected chi connectivity index (χ0v) is 18.4. The van der Waals surface area contributed by atoms with E-state index < -0.39 is 0 Å². The van der Waals surface area contributed by atoms with Gasteiger partial charge in [0, 0.05) is 17.0 Å². The first-order chi connectivity index (χ1) is 15.5. The minimum Gasteiger partial charge on any atom is -0.319 e. The number of benzene rings is 1. The van der Waals surface area contributed by atoms with Gasteiger partial charge in [0.25, 0.3) is 0 Å². The molecule has 0 spiro atoms. The van der Waals surface area contributed by atoms with Crippen molar-refractivity contribution in [1.82, 2.24) is 25.1 Å². The Morgan fingerprint density at radius 3 is 2.44 bits per heavy atom. The van der Waals surface area contributed by atoms with Crippen molar-refractivity contribution in [3.8, 4) is 22.4 Å². The van der Waals surface area contributed by atoms with Gasteiger partial charge in [-0.3, -0.25) is 4.98 Å². The van der Waals surface area contributed by atoms with Gasteiger partial charge in [0.2, 0.25) is 5.65 Å². The standard InChI is InChI=1S/C24H27N7O/c1-15-12-19(13-16(2)27-15)20-21(18-6-4-3-5-7-18)28-23(25)31-22(20)29-30(24(31)32)14-17-8-10-26-11-9-17/h3-7,12-13,17,26H,8-11,14H2,1-2H3,(H2,25,27,28,29)/p+1. The number of pyridine rings is 1. The van der Waals surface area contributed by atoms with Gasteiger partial charge in [0.15, 0.2) is 0 Å². The van der Waals surface area contributed by atoms with Gasteiger partial charge in [-0.1, -0.05) is 30.3 Å². The molecule has 4 heterocycles. The van der Waals surface area contributed by atoms with Gasteiger partial charge < -0.3 is 11.1 Å². The Labute approximate surface area is 186 Å². The van der Waals surface area contributed by atoms with E-state index in [1.54, 1.807) is 4.68 Å². The molecule has 0 radical (unpaired) electrons. The van der Waals surface area contributed by atoms with Gasteiger partial charge in [-0.15, -0.1) is 9.38 Å². The van der Waals surface area contributed by atoms with Gasteiger partial charge >= 0.3 is 11.6 Å². The average molecular weight is 431 g/mol. The highest BCUT2D eigenvalue weighted by Gasteiger charge is 2.27. The third kappa shape index (κ3) is 3.67. The quantitative estimate of drug-likeness (QED) is 0.431. The second kappa shape index (κ2) is 8.20. The van der Waals surface area contributed by atoms with Crippen LogP contribution in [0.3, 0.4) is 0 Å². The van der Waals surface area contributed by atoms with E-state index in [4.69, 9.17) is 10.7 Å². The fourth-order valence-electron chi connectivity index (χ4n) is 4.66. The first kappa shape index (κ1) is 20.4. The first-order valence-electron chi connectivity index (χ1n) is 11.1. The fourth-order valence-corrected chi connectivity index (χ4v) is 4.66. The molecule has 32 heavy (non-hydrogen) atoms. The number of H-pyrrole nitrogens is 1. The van der Waals surface area contributed by atoms with Crippen LogP contribution in [0.5, 0.6) is 0 Å². The third-order valence-electron chi connectivity index (χ3n) is 6.13. The van der Waals surface area contributed by atoms with Crippen LogP contribution in [0.2, 0.25) is 0 Å². The second-order valence-electron chi connectivity index (χ2n) is 8.58. The summed E-state index contributed by atoms with van der Waals surface area (Å²) >= 11 is 0. The molecule has 1 saturated heterocycles. The Morgan fingerprint density at radius 1 is 1.06 bits per heavy atom. The SMILES string of the molecule is Cc1cc(-c2c(-c3ccccc3)nc(N)[n+]3c(=O)n(CC4CCNCC4)[nH]c23)cc(C)n1. The Bertz CT molecular complexity index is 1310. The molecule has 0 amide bonds. The van der Waals surface area contributed by atoms with Gasteiger partial charge in [-0.2, -0.15) is 4.68 Å². The van der Waals surface area contributed by atoms with E-state index in [0.717, 1.165) is 59.7 Å². The number of fused-ring (bicyclic) bond motifs is 1. The van der Waals surface area contributed by atoms with Crippen molar-refractivity contribution in [2.45, 2.75) is 33.2 Å². The maximum Gasteiger partial charge on any atom is 0.428 e. The molecule has 1 fully saturated rings. The van der Waals surface area contributed by atoms with E-state index in [2.05, 4.69) is 15.4 Å². The summed E-state index contributed by atoms with van der Waals surface area (Å²) in [5.74, 6) is 0.620. The normalized spacial score (nSPS) is 14.8. The lowest BCUT2D eigenvalue weighted by atomic mass is 9.98. The Morgan fingerprint density at radius 2 is 1.75 bits per heavy atom. The summed E-state index contributed by atoms with van der Waals surface area (Å²) < 4.78 is 3.18. The number of rotatable bonds is 4. The maximum atomic E-state index is 13.3. The molecule has 8 heteroatoms. The number of hydrogen-bond donors (Lipinski definition) is 3. The molecule has 5 rings (SSSR count). The lowest BCUT2D eigenvalue weighted by Gasteiger charge is -2.20. The highest BCUT2D eigenvalue weighted by molar-refractivity contribution is 5.88.